The Bertz CT molecular complexity index is 1770. The number of pyridine rings is 1. The lowest BCUT2D eigenvalue weighted by Crippen LogP contribution is -2.21. The van der Waals surface area contributed by atoms with Crippen LogP contribution in [0.1, 0.15) is 56.0 Å². The van der Waals surface area contributed by atoms with Gasteiger partial charge < -0.3 is 10.4 Å². The molecule has 6 rings (SSSR count). The molecular formula is C38H36N4O2. The number of nitrogens with one attached hydrogen (secondary N) is 1. The van der Waals surface area contributed by atoms with Crippen LogP contribution in [0.3, 0.4) is 0 Å². The van der Waals surface area contributed by atoms with Gasteiger partial charge in [0.2, 0.25) is 0 Å². The van der Waals surface area contributed by atoms with E-state index in [4.69, 9.17) is 5.10 Å². The fourth-order valence-electron chi connectivity index (χ4n) is 5.63. The van der Waals surface area contributed by atoms with Gasteiger partial charge in [0.05, 0.1) is 11.4 Å². The lowest BCUT2D eigenvalue weighted by Gasteiger charge is -2.15. The molecule has 0 aliphatic heterocycles. The molecule has 1 aliphatic carbocycles. The van der Waals surface area contributed by atoms with Gasteiger partial charge in [0, 0.05) is 23.9 Å². The third-order valence-electron chi connectivity index (χ3n) is 7.97. The van der Waals surface area contributed by atoms with Gasteiger partial charge in [0.25, 0.3) is 0 Å². The first-order chi connectivity index (χ1) is 21.6. The van der Waals surface area contributed by atoms with Crippen LogP contribution < -0.4 is 5.32 Å². The Hall–Kier alpha value is -5.07. The topological polar surface area (TPSA) is 80.0 Å². The molecular weight excluding hydrogens is 544 g/mol. The third kappa shape index (κ3) is 7.10. The van der Waals surface area contributed by atoms with Crippen molar-refractivity contribution < 1.29 is 9.90 Å². The lowest BCUT2D eigenvalue weighted by molar-refractivity contribution is 0.0681. The van der Waals surface area contributed by atoms with Crippen molar-refractivity contribution in [3.05, 3.63) is 142 Å². The number of carboxylic acids is 1. The molecule has 6 nitrogen and oxygen atoms in total. The number of hydrogen-bond acceptors (Lipinski definition) is 4. The van der Waals surface area contributed by atoms with Crippen LogP contribution in [0.4, 0.5) is 0 Å². The Morgan fingerprint density at radius 1 is 0.818 bits per heavy atom. The van der Waals surface area contributed by atoms with E-state index >= 15 is 0 Å². The standard InChI is InChI=1S/C38H36N4O2/c43-38(44)37-34-21-19-32-27-40-33(20-18-29-10-5-2-6-11-29)26-35(32)36(34)41-42(37)25-7-23-39-24-22-31-16-14-30(15-17-31)13-12-28-8-3-1-4-9-28/h1-6,8-18,20,26-27,39H,7,19,21-25H2,(H,43,44)/b13-12+,20-18+. The molecule has 3 aromatic carbocycles. The number of hydrogen-bond donors (Lipinski definition) is 2. The molecule has 2 heterocycles. The van der Waals surface area contributed by atoms with Crippen molar-refractivity contribution in [1.82, 2.24) is 20.1 Å². The summed E-state index contributed by atoms with van der Waals surface area (Å²) in [6.07, 6.45) is 13.3. The van der Waals surface area contributed by atoms with E-state index in [0.717, 1.165) is 66.0 Å². The van der Waals surface area contributed by atoms with Crippen LogP contribution >= 0.6 is 0 Å². The summed E-state index contributed by atoms with van der Waals surface area (Å²) in [6, 6.07) is 31.1. The van der Waals surface area contributed by atoms with E-state index in [0.29, 0.717) is 18.7 Å². The van der Waals surface area contributed by atoms with Crippen molar-refractivity contribution in [1.29, 1.82) is 0 Å². The smallest absolute Gasteiger partial charge is 0.354 e. The van der Waals surface area contributed by atoms with Crippen molar-refractivity contribution in [3.63, 3.8) is 0 Å². The zero-order valence-electron chi connectivity index (χ0n) is 24.7. The Balaban J connectivity index is 1.04. The van der Waals surface area contributed by atoms with Gasteiger partial charge in [-0.2, -0.15) is 5.10 Å². The van der Waals surface area contributed by atoms with Crippen LogP contribution in [0.15, 0.2) is 97.2 Å². The quantitative estimate of drug-likeness (QED) is 0.120. The first-order valence-corrected chi connectivity index (χ1v) is 15.2. The number of benzene rings is 3. The molecule has 0 amide bonds. The Morgan fingerprint density at radius 3 is 2.16 bits per heavy atom. The van der Waals surface area contributed by atoms with Crippen molar-refractivity contribution in [3.8, 4) is 11.3 Å². The van der Waals surface area contributed by atoms with Crippen LogP contribution in [-0.4, -0.2) is 38.9 Å². The molecule has 0 fully saturated rings. The van der Waals surface area contributed by atoms with Gasteiger partial charge in [-0.25, -0.2) is 4.79 Å². The number of carboxylic acid groups (broad SMARTS) is 1. The van der Waals surface area contributed by atoms with Gasteiger partial charge >= 0.3 is 5.97 Å². The summed E-state index contributed by atoms with van der Waals surface area (Å²) in [6.45, 7) is 2.20. The average Bonchev–Trinajstić information content (AvgIpc) is 3.45. The molecule has 0 bridgehead atoms. The number of aromatic nitrogens is 3. The van der Waals surface area contributed by atoms with Gasteiger partial charge in [-0.05, 0) is 78.7 Å². The van der Waals surface area contributed by atoms with Gasteiger partial charge in [-0.3, -0.25) is 9.67 Å². The predicted octanol–water partition coefficient (Wildman–Crippen LogP) is 7.31. The summed E-state index contributed by atoms with van der Waals surface area (Å²) in [4.78, 5) is 16.9. The molecule has 2 N–H and O–H groups in total. The Labute approximate surface area is 258 Å². The highest BCUT2D eigenvalue weighted by atomic mass is 16.4. The number of aryl methyl sites for hydroxylation is 2. The van der Waals surface area contributed by atoms with E-state index in [-0.39, 0.29) is 0 Å². The minimum absolute atomic E-state index is 0.310. The van der Waals surface area contributed by atoms with Crippen LogP contribution in [-0.2, 0) is 25.8 Å². The van der Waals surface area contributed by atoms with Gasteiger partial charge in [-0.15, -0.1) is 0 Å². The minimum atomic E-state index is -0.921. The monoisotopic (exact) mass is 580 g/mol. The molecule has 0 radical (unpaired) electrons. The molecule has 0 saturated carbocycles. The molecule has 6 heteroatoms. The van der Waals surface area contributed by atoms with Crippen LogP contribution in [0.2, 0.25) is 0 Å². The zero-order chi connectivity index (χ0) is 30.1. The minimum Gasteiger partial charge on any atom is -0.477 e. The molecule has 2 aromatic heterocycles. The van der Waals surface area contributed by atoms with Gasteiger partial charge in [-0.1, -0.05) is 103 Å². The summed E-state index contributed by atoms with van der Waals surface area (Å²) in [5.74, 6) is -0.921. The van der Waals surface area contributed by atoms with E-state index < -0.39 is 5.97 Å². The first kappa shape index (κ1) is 29.0. The average molecular weight is 581 g/mol. The molecule has 44 heavy (non-hydrogen) atoms. The molecule has 5 aromatic rings. The van der Waals surface area contributed by atoms with Crippen LogP contribution in [0.5, 0.6) is 0 Å². The van der Waals surface area contributed by atoms with Crippen molar-refractivity contribution in [2.75, 3.05) is 13.1 Å². The van der Waals surface area contributed by atoms with Crippen LogP contribution in [0.25, 0.3) is 35.6 Å². The summed E-state index contributed by atoms with van der Waals surface area (Å²) in [7, 11) is 0. The van der Waals surface area contributed by atoms with Crippen molar-refractivity contribution >= 4 is 30.3 Å². The highest BCUT2D eigenvalue weighted by Gasteiger charge is 2.28. The fraction of sp³-hybridized carbons (Fsp3) is 0.184. The maximum absolute atomic E-state index is 12.3. The Morgan fingerprint density at radius 2 is 1.48 bits per heavy atom. The second-order valence-electron chi connectivity index (χ2n) is 11.1. The highest BCUT2D eigenvalue weighted by molar-refractivity contribution is 5.91. The third-order valence-corrected chi connectivity index (χ3v) is 7.97. The second-order valence-corrected chi connectivity index (χ2v) is 11.1. The van der Waals surface area contributed by atoms with Gasteiger partial charge in [0.15, 0.2) is 0 Å². The molecule has 1 aliphatic rings. The predicted molar refractivity (Wildman–Crippen MR) is 178 cm³/mol. The Kier molecular flexibility index (Phi) is 9.19. The summed E-state index contributed by atoms with van der Waals surface area (Å²) >= 11 is 0. The van der Waals surface area contributed by atoms with Gasteiger partial charge in [0.1, 0.15) is 5.69 Å². The first-order valence-electron chi connectivity index (χ1n) is 15.2. The molecule has 0 spiro atoms. The van der Waals surface area contributed by atoms with E-state index in [1.165, 1.54) is 16.7 Å². The van der Waals surface area contributed by atoms with E-state index in [1.807, 2.05) is 72.9 Å². The largest absolute Gasteiger partial charge is 0.477 e. The number of fused-ring (bicyclic) bond motifs is 3. The van der Waals surface area contributed by atoms with E-state index in [9.17, 15) is 9.90 Å². The van der Waals surface area contributed by atoms with Crippen molar-refractivity contribution in [2.24, 2.45) is 0 Å². The summed E-state index contributed by atoms with van der Waals surface area (Å²) in [5.41, 5.74) is 9.58. The number of carbonyl (C=O) groups is 1. The van der Waals surface area contributed by atoms with Crippen LogP contribution in [0, 0.1) is 0 Å². The van der Waals surface area contributed by atoms with E-state index in [1.54, 1.807) is 4.68 Å². The summed E-state index contributed by atoms with van der Waals surface area (Å²) < 4.78 is 1.69. The molecule has 0 atom stereocenters. The normalized spacial score (nSPS) is 12.5. The zero-order valence-corrected chi connectivity index (χ0v) is 24.7. The lowest BCUT2D eigenvalue weighted by atomic mass is 9.89. The SMILES string of the molecule is O=C(O)c1c2c(nn1CCCNCCc1ccc(/C=C/c3ccccc3)cc1)-c1cc(/C=C/c3ccccc3)ncc1CC2. The molecule has 220 valence electrons. The number of rotatable bonds is 12. The molecule has 0 unspecified atom stereocenters. The fourth-order valence-corrected chi connectivity index (χ4v) is 5.63. The van der Waals surface area contributed by atoms with E-state index in [2.05, 4.69) is 58.9 Å². The number of aromatic carboxylic acids is 1. The summed E-state index contributed by atoms with van der Waals surface area (Å²) in [5, 5.41) is 18.4. The number of nitrogens with zero attached hydrogens (tertiary/aromatic N) is 3. The molecule has 0 saturated heterocycles. The van der Waals surface area contributed by atoms with Crippen molar-refractivity contribution in [2.45, 2.75) is 32.2 Å². The highest BCUT2D eigenvalue weighted by Crippen LogP contribution is 2.35. The maximum Gasteiger partial charge on any atom is 0.354 e. The second kappa shape index (κ2) is 13.9. The maximum atomic E-state index is 12.3.